The molecule has 0 saturated carbocycles. The van der Waals surface area contributed by atoms with E-state index >= 15 is 0 Å². The van der Waals surface area contributed by atoms with Crippen LogP contribution in [0.15, 0.2) is 49.2 Å². The molecule has 36 heavy (non-hydrogen) atoms. The first-order valence-electron chi connectivity index (χ1n) is 12.7. The Kier molecular flexibility index (Phi) is 6.15. The molecule has 2 aliphatic heterocycles. The van der Waals surface area contributed by atoms with Gasteiger partial charge in [0.2, 0.25) is 0 Å². The third kappa shape index (κ3) is 4.05. The van der Waals surface area contributed by atoms with Crippen LogP contribution in [0, 0.1) is 0 Å². The topological polar surface area (TPSA) is 76.6 Å². The highest BCUT2D eigenvalue weighted by molar-refractivity contribution is 6.30. The molecule has 10 heteroatoms. The van der Waals surface area contributed by atoms with Crippen molar-refractivity contribution in [3.05, 3.63) is 59.8 Å². The number of fused-ring (bicyclic) bond motifs is 3. The van der Waals surface area contributed by atoms with Crippen molar-refractivity contribution in [1.29, 1.82) is 0 Å². The van der Waals surface area contributed by atoms with E-state index in [2.05, 4.69) is 57.1 Å². The van der Waals surface area contributed by atoms with Crippen molar-refractivity contribution in [3.8, 4) is 0 Å². The van der Waals surface area contributed by atoms with Crippen LogP contribution < -0.4 is 4.90 Å². The Balaban J connectivity index is 1.34. The highest BCUT2D eigenvalue weighted by Gasteiger charge is 2.34. The van der Waals surface area contributed by atoms with Crippen LogP contribution in [0.4, 0.5) is 5.82 Å². The van der Waals surface area contributed by atoms with Gasteiger partial charge in [-0.2, -0.15) is 4.98 Å². The lowest BCUT2D eigenvalue weighted by molar-refractivity contribution is 0.0977. The van der Waals surface area contributed by atoms with Crippen molar-refractivity contribution in [2.45, 2.75) is 57.8 Å². The van der Waals surface area contributed by atoms with E-state index in [0.29, 0.717) is 5.78 Å². The van der Waals surface area contributed by atoms with E-state index in [1.165, 1.54) is 5.56 Å². The van der Waals surface area contributed by atoms with Gasteiger partial charge >= 0.3 is 0 Å². The number of rotatable bonds is 6. The van der Waals surface area contributed by atoms with E-state index in [0.717, 1.165) is 73.2 Å². The Morgan fingerprint density at radius 1 is 1.22 bits per heavy atom. The quantitative estimate of drug-likeness (QED) is 0.381. The second kappa shape index (κ2) is 9.46. The molecule has 4 aromatic rings. The van der Waals surface area contributed by atoms with E-state index in [-0.39, 0.29) is 18.2 Å². The lowest BCUT2D eigenvalue weighted by Crippen LogP contribution is -2.51. The zero-order valence-electron chi connectivity index (χ0n) is 20.7. The number of hydrogen-bond donors (Lipinski definition) is 0. The maximum atomic E-state index is 6.15. The van der Waals surface area contributed by atoms with Crippen LogP contribution in [0.25, 0.3) is 16.9 Å². The van der Waals surface area contributed by atoms with Crippen LogP contribution in [-0.2, 0) is 11.3 Å². The van der Waals surface area contributed by atoms with Crippen LogP contribution >= 0.6 is 11.6 Å². The lowest BCUT2D eigenvalue weighted by atomic mass is 9.99. The molecule has 3 aromatic heterocycles. The minimum Gasteiger partial charge on any atom is -0.376 e. The molecule has 6 rings (SSSR count). The maximum Gasteiger partial charge on any atom is 0.258 e. The molecule has 0 aliphatic carbocycles. The summed E-state index contributed by atoms with van der Waals surface area (Å²) in [6.45, 7) is 12.0. The minimum absolute atomic E-state index is 0.197. The molecular weight excluding hydrogens is 476 g/mol. The Morgan fingerprint density at radius 3 is 2.81 bits per heavy atom. The Bertz CT molecular complexity index is 1390. The summed E-state index contributed by atoms with van der Waals surface area (Å²) in [6.07, 6.45) is 6.95. The molecule has 5 heterocycles. The van der Waals surface area contributed by atoms with E-state index in [4.69, 9.17) is 26.3 Å². The van der Waals surface area contributed by atoms with Crippen molar-refractivity contribution < 1.29 is 4.74 Å². The van der Waals surface area contributed by atoms with Gasteiger partial charge in [0.1, 0.15) is 11.8 Å². The second-order valence-corrected chi connectivity index (χ2v) is 10.3. The highest BCUT2D eigenvalue weighted by Crippen LogP contribution is 2.35. The van der Waals surface area contributed by atoms with Gasteiger partial charge in [-0.05, 0) is 43.9 Å². The predicted octanol–water partition coefficient (Wildman–Crippen LogP) is 4.48. The summed E-state index contributed by atoms with van der Waals surface area (Å²) < 4.78 is 9.95. The Hall–Kier alpha value is -3.01. The van der Waals surface area contributed by atoms with Gasteiger partial charge in [0.25, 0.3) is 5.78 Å². The molecule has 0 radical (unpaired) electrons. The van der Waals surface area contributed by atoms with Gasteiger partial charge in [-0.15, -0.1) is 10.2 Å². The summed E-state index contributed by atoms with van der Waals surface area (Å²) in [5, 5.41) is 9.16. The summed E-state index contributed by atoms with van der Waals surface area (Å²) in [7, 11) is 0. The van der Waals surface area contributed by atoms with Crippen LogP contribution in [-0.4, -0.2) is 65.9 Å². The molecule has 0 spiro atoms. The predicted molar refractivity (Wildman–Crippen MR) is 140 cm³/mol. The second-order valence-electron chi connectivity index (χ2n) is 9.81. The van der Waals surface area contributed by atoms with Gasteiger partial charge in [0.15, 0.2) is 11.5 Å². The number of ether oxygens (including phenoxy) is 1. The average molecular weight is 507 g/mol. The number of aromatic nitrogens is 6. The van der Waals surface area contributed by atoms with Crippen LogP contribution in [0.1, 0.15) is 44.7 Å². The van der Waals surface area contributed by atoms with Gasteiger partial charge in [0.05, 0.1) is 19.0 Å². The molecule has 0 N–H and O–H groups in total. The first-order chi connectivity index (χ1) is 17.5. The number of hydrogen-bond acceptors (Lipinski definition) is 7. The molecular formula is C26H31ClN8O. The first-order valence-corrected chi connectivity index (χ1v) is 13.0. The summed E-state index contributed by atoms with van der Waals surface area (Å²) >= 11 is 6.15. The van der Waals surface area contributed by atoms with Crippen molar-refractivity contribution >= 4 is 34.4 Å². The van der Waals surface area contributed by atoms with Gasteiger partial charge in [0, 0.05) is 42.5 Å². The zero-order chi connectivity index (χ0) is 24.8. The zero-order valence-corrected chi connectivity index (χ0v) is 21.5. The normalized spacial score (nSPS) is 22.2. The van der Waals surface area contributed by atoms with Crippen molar-refractivity contribution in [2.75, 3.05) is 24.6 Å². The highest BCUT2D eigenvalue weighted by atomic mass is 35.5. The molecule has 3 atom stereocenters. The lowest BCUT2D eigenvalue weighted by Gasteiger charge is -2.45. The SMILES string of the molecule is C=C1CN([C@@H](CC)c2ccc(Cl)cc2)[C@H](C)CN1c1nc2nncn2c2c1ncn2C[C@@H]1CCCO1. The van der Waals surface area contributed by atoms with E-state index in [1.54, 1.807) is 6.33 Å². The smallest absolute Gasteiger partial charge is 0.258 e. The number of nitrogens with zero attached hydrogens (tertiary/aromatic N) is 8. The maximum absolute atomic E-state index is 6.15. The Morgan fingerprint density at radius 2 is 2.06 bits per heavy atom. The standard InChI is InChI=1S/C26H31ClN8O/c1-4-22(19-7-9-20(27)10-8-19)33-12-18(3)34(13-17(33)2)24-23-25(35-16-29-31-26(35)30-24)32(15-28-23)14-21-6-5-11-36-21/h7-10,15-17,21-22H,3-6,11-14H2,1-2H3/t17-,21+,22+/m1/s1. The summed E-state index contributed by atoms with van der Waals surface area (Å²) in [5.74, 6) is 1.34. The Labute approximate surface area is 215 Å². The van der Waals surface area contributed by atoms with E-state index in [1.807, 2.05) is 22.9 Å². The number of piperazine rings is 1. The number of benzene rings is 1. The first kappa shape index (κ1) is 23.4. The fourth-order valence-electron chi connectivity index (χ4n) is 5.67. The van der Waals surface area contributed by atoms with Gasteiger partial charge < -0.3 is 14.2 Å². The minimum atomic E-state index is 0.197. The monoisotopic (exact) mass is 506 g/mol. The molecule has 0 amide bonds. The number of imidazole rings is 1. The van der Waals surface area contributed by atoms with Crippen LogP contribution in [0.2, 0.25) is 5.02 Å². The molecule has 0 unspecified atom stereocenters. The summed E-state index contributed by atoms with van der Waals surface area (Å²) in [5.41, 5.74) is 4.03. The van der Waals surface area contributed by atoms with Crippen LogP contribution in [0.3, 0.4) is 0 Å². The average Bonchev–Trinajstić information content (AvgIpc) is 3.64. The van der Waals surface area contributed by atoms with Crippen molar-refractivity contribution in [2.24, 2.45) is 0 Å². The van der Waals surface area contributed by atoms with Crippen molar-refractivity contribution in [1.82, 2.24) is 34.0 Å². The molecule has 2 saturated heterocycles. The molecule has 188 valence electrons. The van der Waals surface area contributed by atoms with Crippen molar-refractivity contribution in [3.63, 3.8) is 0 Å². The largest absolute Gasteiger partial charge is 0.376 e. The number of anilines is 1. The molecule has 2 aliphatic rings. The molecule has 0 bridgehead atoms. The number of halogens is 1. The van der Waals surface area contributed by atoms with E-state index < -0.39 is 0 Å². The summed E-state index contributed by atoms with van der Waals surface area (Å²) in [4.78, 5) is 14.4. The molecule has 2 fully saturated rings. The van der Waals surface area contributed by atoms with Gasteiger partial charge in [-0.3, -0.25) is 4.90 Å². The van der Waals surface area contributed by atoms with E-state index in [9.17, 15) is 0 Å². The summed E-state index contributed by atoms with van der Waals surface area (Å²) in [6, 6.07) is 8.75. The third-order valence-electron chi connectivity index (χ3n) is 7.47. The third-order valence-corrected chi connectivity index (χ3v) is 7.72. The van der Waals surface area contributed by atoms with Gasteiger partial charge in [-0.25, -0.2) is 9.38 Å². The fraction of sp³-hybridized carbons (Fsp3) is 0.462. The van der Waals surface area contributed by atoms with Gasteiger partial charge in [-0.1, -0.05) is 37.2 Å². The fourth-order valence-corrected chi connectivity index (χ4v) is 5.79. The molecule has 1 aromatic carbocycles. The molecule has 9 nitrogen and oxygen atoms in total. The van der Waals surface area contributed by atoms with Crippen LogP contribution in [0.5, 0.6) is 0 Å².